The fraction of sp³-hybridized carbons (Fsp3) is 0.0909. The van der Waals surface area contributed by atoms with Gasteiger partial charge in [0.2, 0.25) is 0 Å². The lowest BCUT2D eigenvalue weighted by Crippen LogP contribution is -2.13. The second-order valence-electron chi connectivity index (χ2n) is 3.48. The first-order valence-electron chi connectivity index (χ1n) is 4.95. The Morgan fingerprint density at radius 1 is 1.42 bits per heavy atom. The lowest BCUT2D eigenvalue weighted by molar-refractivity contribution is -0.137. The molecule has 0 spiro atoms. The minimum atomic E-state index is -4.54. The van der Waals surface area contributed by atoms with Crippen LogP contribution >= 0.6 is 11.6 Å². The van der Waals surface area contributed by atoms with Crippen LogP contribution in [0.3, 0.4) is 0 Å². The monoisotopic (exact) mass is 290 g/mol. The van der Waals surface area contributed by atoms with E-state index in [1.54, 1.807) is 0 Å². The van der Waals surface area contributed by atoms with Crippen molar-refractivity contribution < 1.29 is 22.4 Å². The molecule has 2 aromatic heterocycles. The minimum absolute atomic E-state index is 0.00207. The number of nitrogens with zero attached hydrogens (tertiary/aromatic N) is 1. The molecule has 1 N–H and O–H groups in total. The predicted molar refractivity (Wildman–Crippen MR) is 60.9 cm³/mol. The third-order valence-corrected chi connectivity index (χ3v) is 2.43. The lowest BCUT2D eigenvalue weighted by Gasteiger charge is -2.09. The third kappa shape index (κ3) is 3.05. The van der Waals surface area contributed by atoms with Gasteiger partial charge in [-0.1, -0.05) is 11.6 Å². The highest BCUT2D eigenvalue weighted by Gasteiger charge is 2.31. The number of pyridine rings is 1. The van der Waals surface area contributed by atoms with Crippen molar-refractivity contribution in [2.24, 2.45) is 0 Å². The van der Waals surface area contributed by atoms with Crippen molar-refractivity contribution in [1.82, 2.24) is 4.98 Å². The van der Waals surface area contributed by atoms with E-state index in [0.29, 0.717) is 12.3 Å². The maximum absolute atomic E-state index is 12.4. The summed E-state index contributed by atoms with van der Waals surface area (Å²) in [4.78, 5) is 15.1. The summed E-state index contributed by atoms with van der Waals surface area (Å²) in [7, 11) is 0. The van der Waals surface area contributed by atoms with E-state index >= 15 is 0 Å². The van der Waals surface area contributed by atoms with Gasteiger partial charge in [0.15, 0.2) is 11.6 Å². The van der Waals surface area contributed by atoms with Crippen molar-refractivity contribution >= 4 is 23.3 Å². The van der Waals surface area contributed by atoms with Crippen LogP contribution in [0.2, 0.25) is 5.02 Å². The topological polar surface area (TPSA) is 55.1 Å². The van der Waals surface area contributed by atoms with Gasteiger partial charge in [0.25, 0.3) is 5.91 Å². The van der Waals surface area contributed by atoms with E-state index in [9.17, 15) is 18.0 Å². The van der Waals surface area contributed by atoms with E-state index in [4.69, 9.17) is 16.0 Å². The van der Waals surface area contributed by atoms with Crippen LogP contribution in [0.1, 0.15) is 16.1 Å². The minimum Gasteiger partial charge on any atom is -0.459 e. The van der Waals surface area contributed by atoms with E-state index in [1.165, 1.54) is 18.4 Å². The standard InChI is InChI=1S/C11H6ClF3N2O2/c12-7-4-6(11(13,14)15)5-16-9(7)17-10(18)8-2-1-3-19-8/h1-5H,(H,16,17,18). The Bertz CT molecular complexity index is 596. The van der Waals surface area contributed by atoms with Gasteiger partial charge in [-0.25, -0.2) is 4.98 Å². The van der Waals surface area contributed by atoms with Crippen molar-refractivity contribution in [2.45, 2.75) is 6.18 Å². The number of anilines is 1. The molecule has 0 saturated heterocycles. The Kier molecular flexibility index (Phi) is 3.48. The van der Waals surface area contributed by atoms with Gasteiger partial charge in [-0.2, -0.15) is 13.2 Å². The van der Waals surface area contributed by atoms with E-state index in [-0.39, 0.29) is 16.6 Å². The van der Waals surface area contributed by atoms with Gasteiger partial charge in [0.1, 0.15) is 0 Å². The zero-order chi connectivity index (χ0) is 14.0. The molecule has 0 fully saturated rings. The second-order valence-corrected chi connectivity index (χ2v) is 3.89. The van der Waals surface area contributed by atoms with Crippen LogP contribution in [0.25, 0.3) is 0 Å². The van der Waals surface area contributed by atoms with E-state index in [0.717, 1.165) is 0 Å². The first-order chi connectivity index (χ1) is 8.88. The molecule has 2 aromatic rings. The fourth-order valence-corrected chi connectivity index (χ4v) is 1.48. The van der Waals surface area contributed by atoms with Crippen LogP contribution in [-0.4, -0.2) is 10.9 Å². The third-order valence-electron chi connectivity index (χ3n) is 2.15. The Balaban J connectivity index is 2.21. The van der Waals surface area contributed by atoms with Crippen molar-refractivity contribution in [3.63, 3.8) is 0 Å². The van der Waals surface area contributed by atoms with Gasteiger partial charge in [-0.05, 0) is 18.2 Å². The molecule has 8 heteroatoms. The number of furan rings is 1. The Hall–Kier alpha value is -2.02. The van der Waals surface area contributed by atoms with Crippen LogP contribution < -0.4 is 5.32 Å². The van der Waals surface area contributed by atoms with Crippen molar-refractivity contribution in [3.8, 4) is 0 Å². The van der Waals surface area contributed by atoms with Crippen LogP contribution in [0.5, 0.6) is 0 Å². The van der Waals surface area contributed by atoms with Crippen molar-refractivity contribution in [1.29, 1.82) is 0 Å². The maximum Gasteiger partial charge on any atom is 0.417 e. The fourth-order valence-electron chi connectivity index (χ4n) is 1.26. The summed E-state index contributed by atoms with van der Waals surface area (Å²) in [5.41, 5.74) is -0.992. The number of amides is 1. The molecule has 2 heterocycles. The summed E-state index contributed by atoms with van der Waals surface area (Å²) < 4.78 is 42.0. The highest BCUT2D eigenvalue weighted by molar-refractivity contribution is 6.33. The second kappa shape index (κ2) is 4.93. The number of aromatic nitrogens is 1. The maximum atomic E-state index is 12.4. The smallest absolute Gasteiger partial charge is 0.417 e. The average molecular weight is 291 g/mol. The molecule has 19 heavy (non-hydrogen) atoms. The molecule has 0 aromatic carbocycles. The normalized spacial score (nSPS) is 11.4. The summed E-state index contributed by atoms with van der Waals surface area (Å²) in [6, 6.07) is 3.58. The van der Waals surface area contributed by atoms with Gasteiger partial charge in [0.05, 0.1) is 16.8 Å². The van der Waals surface area contributed by atoms with Crippen molar-refractivity contribution in [2.75, 3.05) is 5.32 Å². The molecule has 100 valence electrons. The average Bonchev–Trinajstić information content (AvgIpc) is 2.84. The first kappa shape index (κ1) is 13.4. The van der Waals surface area contributed by atoms with Crippen molar-refractivity contribution in [3.05, 3.63) is 47.0 Å². The summed E-state index contributed by atoms with van der Waals surface area (Å²) >= 11 is 5.63. The molecule has 4 nitrogen and oxygen atoms in total. The summed E-state index contributed by atoms with van der Waals surface area (Å²) in [6.45, 7) is 0. The number of hydrogen-bond acceptors (Lipinski definition) is 3. The predicted octanol–water partition coefficient (Wildman–Crippen LogP) is 3.60. The molecule has 0 aliphatic heterocycles. The van der Waals surface area contributed by atoms with Crippen LogP contribution in [0.15, 0.2) is 35.1 Å². The molecule has 0 bridgehead atoms. The number of nitrogens with one attached hydrogen (secondary N) is 1. The highest BCUT2D eigenvalue weighted by Crippen LogP contribution is 2.32. The molecule has 0 unspecified atom stereocenters. The van der Waals surface area contributed by atoms with E-state index in [2.05, 4.69) is 10.3 Å². The van der Waals surface area contributed by atoms with Crippen LogP contribution in [0, 0.1) is 0 Å². The van der Waals surface area contributed by atoms with Gasteiger partial charge in [0, 0.05) is 6.20 Å². The molecular formula is C11H6ClF3N2O2. The zero-order valence-corrected chi connectivity index (χ0v) is 9.92. The number of alkyl halides is 3. The largest absolute Gasteiger partial charge is 0.459 e. The zero-order valence-electron chi connectivity index (χ0n) is 9.16. The Morgan fingerprint density at radius 3 is 2.68 bits per heavy atom. The van der Waals surface area contributed by atoms with Gasteiger partial charge in [-0.15, -0.1) is 0 Å². The molecule has 0 atom stereocenters. The molecule has 1 amide bonds. The number of halogens is 4. The molecule has 2 rings (SSSR count). The molecule has 0 aliphatic rings. The quantitative estimate of drug-likeness (QED) is 0.919. The first-order valence-corrected chi connectivity index (χ1v) is 5.33. The highest BCUT2D eigenvalue weighted by atomic mass is 35.5. The molecule has 0 aliphatic carbocycles. The SMILES string of the molecule is O=C(Nc1ncc(C(F)(F)F)cc1Cl)c1ccco1. The molecule has 0 saturated carbocycles. The van der Waals surface area contributed by atoms with E-state index in [1.807, 2.05) is 0 Å². The number of carbonyl (C=O) groups excluding carboxylic acids is 1. The summed E-state index contributed by atoms with van der Waals surface area (Å²) in [6.07, 6.45) is -2.67. The lowest BCUT2D eigenvalue weighted by atomic mass is 10.2. The molecular weight excluding hydrogens is 285 g/mol. The number of carbonyl (C=O) groups is 1. The number of hydrogen-bond donors (Lipinski definition) is 1. The van der Waals surface area contributed by atoms with E-state index < -0.39 is 17.6 Å². The number of rotatable bonds is 2. The van der Waals surface area contributed by atoms with Gasteiger partial charge < -0.3 is 9.73 Å². The van der Waals surface area contributed by atoms with Crippen LogP contribution in [-0.2, 0) is 6.18 Å². The summed E-state index contributed by atoms with van der Waals surface area (Å²) in [5.74, 6) is -0.826. The van der Waals surface area contributed by atoms with Gasteiger partial charge in [-0.3, -0.25) is 4.79 Å². The Labute approximate surface area is 110 Å². The van der Waals surface area contributed by atoms with Gasteiger partial charge >= 0.3 is 6.18 Å². The molecule has 0 radical (unpaired) electrons. The van der Waals surface area contributed by atoms with Crippen LogP contribution in [0.4, 0.5) is 19.0 Å². The summed E-state index contributed by atoms with van der Waals surface area (Å²) in [5, 5.41) is 1.94. The Morgan fingerprint density at radius 2 is 2.16 bits per heavy atom.